The van der Waals surface area contributed by atoms with Gasteiger partial charge in [-0.3, -0.25) is 9.59 Å². The highest BCUT2D eigenvalue weighted by Crippen LogP contribution is 2.21. The summed E-state index contributed by atoms with van der Waals surface area (Å²) in [5.74, 6) is 0.0618. The highest BCUT2D eigenvalue weighted by Gasteiger charge is 2.26. The molecular weight excluding hydrogens is 362 g/mol. The van der Waals surface area contributed by atoms with Crippen LogP contribution in [0.4, 0.5) is 0 Å². The second-order valence-electron chi connectivity index (χ2n) is 6.90. The van der Waals surface area contributed by atoms with Gasteiger partial charge in [-0.15, -0.1) is 0 Å². The first-order valence-electron chi connectivity index (χ1n) is 9.26. The van der Waals surface area contributed by atoms with E-state index in [1.165, 1.54) is 4.90 Å². The minimum Gasteiger partial charge on any atom is -0.345 e. The van der Waals surface area contributed by atoms with Gasteiger partial charge in [-0.25, -0.2) is 0 Å². The maximum atomic E-state index is 12.5. The van der Waals surface area contributed by atoms with Gasteiger partial charge in [-0.1, -0.05) is 48.0 Å². The maximum Gasteiger partial charge on any atom is 0.275 e. The lowest BCUT2D eigenvalue weighted by atomic mass is 10.1. The Hall–Kier alpha value is -2.37. The third-order valence-electron chi connectivity index (χ3n) is 4.94. The zero-order valence-corrected chi connectivity index (χ0v) is 16.2. The van der Waals surface area contributed by atoms with Gasteiger partial charge in [-0.05, 0) is 30.7 Å². The molecule has 1 aliphatic rings. The molecule has 1 aliphatic heterocycles. The van der Waals surface area contributed by atoms with Crippen molar-refractivity contribution in [1.82, 2.24) is 10.2 Å². The number of piperazine rings is 1. The molecule has 0 saturated carbocycles. The molecule has 0 bridgehead atoms. The van der Waals surface area contributed by atoms with E-state index in [1.54, 1.807) is 0 Å². The molecule has 0 spiro atoms. The lowest BCUT2D eigenvalue weighted by Gasteiger charge is -2.32. The molecule has 3 rings (SSSR count). The van der Waals surface area contributed by atoms with Gasteiger partial charge in [0.05, 0.1) is 32.2 Å². The van der Waals surface area contributed by atoms with Crippen LogP contribution in [0.2, 0.25) is 5.02 Å². The first kappa shape index (κ1) is 19.4. The van der Waals surface area contributed by atoms with Crippen LogP contribution >= 0.6 is 11.6 Å². The normalized spacial score (nSPS) is 16.0. The van der Waals surface area contributed by atoms with E-state index in [-0.39, 0.29) is 17.9 Å². The van der Waals surface area contributed by atoms with Crippen molar-refractivity contribution in [2.24, 2.45) is 0 Å². The van der Waals surface area contributed by atoms with Crippen molar-refractivity contribution in [3.05, 3.63) is 70.7 Å². The fourth-order valence-electron chi connectivity index (χ4n) is 3.39. The fraction of sp³-hybridized carbons (Fsp3) is 0.333. The maximum absolute atomic E-state index is 12.5. The summed E-state index contributed by atoms with van der Waals surface area (Å²) < 4.78 is 0. The average Bonchev–Trinajstić information content (AvgIpc) is 2.69. The van der Waals surface area contributed by atoms with Crippen LogP contribution in [-0.2, 0) is 4.79 Å². The van der Waals surface area contributed by atoms with Gasteiger partial charge in [0.15, 0.2) is 6.54 Å². The van der Waals surface area contributed by atoms with Crippen LogP contribution in [0.3, 0.4) is 0 Å². The van der Waals surface area contributed by atoms with Crippen LogP contribution in [0.5, 0.6) is 0 Å². The average molecular weight is 387 g/mol. The molecule has 1 heterocycles. The quantitative estimate of drug-likeness (QED) is 0.819. The van der Waals surface area contributed by atoms with Crippen molar-refractivity contribution in [2.75, 3.05) is 32.7 Å². The van der Waals surface area contributed by atoms with Crippen LogP contribution in [0.1, 0.15) is 28.9 Å². The highest BCUT2D eigenvalue weighted by molar-refractivity contribution is 6.31. The molecule has 27 heavy (non-hydrogen) atoms. The minimum atomic E-state index is -0.133. The smallest absolute Gasteiger partial charge is 0.275 e. The molecular formula is C21H25ClN3O2+. The fourth-order valence-corrected chi connectivity index (χ4v) is 3.69. The van der Waals surface area contributed by atoms with Gasteiger partial charge >= 0.3 is 0 Å². The van der Waals surface area contributed by atoms with E-state index in [2.05, 4.69) is 5.32 Å². The summed E-state index contributed by atoms with van der Waals surface area (Å²) in [5.41, 5.74) is 1.63. The highest BCUT2D eigenvalue weighted by atomic mass is 35.5. The predicted molar refractivity (Wildman–Crippen MR) is 106 cm³/mol. The Balaban J connectivity index is 1.47. The summed E-state index contributed by atoms with van der Waals surface area (Å²) in [5, 5.41) is 3.68. The molecule has 1 fully saturated rings. The van der Waals surface area contributed by atoms with Gasteiger partial charge in [0.25, 0.3) is 11.8 Å². The number of quaternary nitrogens is 1. The van der Waals surface area contributed by atoms with E-state index in [0.717, 1.165) is 18.7 Å². The van der Waals surface area contributed by atoms with Crippen molar-refractivity contribution < 1.29 is 14.5 Å². The third-order valence-corrected chi connectivity index (χ3v) is 5.28. The number of carbonyl (C=O) groups excluding carboxylic acids is 2. The number of rotatable bonds is 5. The zero-order chi connectivity index (χ0) is 19.2. The summed E-state index contributed by atoms with van der Waals surface area (Å²) >= 11 is 6.20. The minimum absolute atomic E-state index is 0.000237. The SMILES string of the molecule is C[C@H](NC(=O)C[NH+]1CCN(C(=O)c2ccccc2)CC1)c1ccccc1Cl. The van der Waals surface area contributed by atoms with Crippen molar-refractivity contribution in [3.8, 4) is 0 Å². The summed E-state index contributed by atoms with van der Waals surface area (Å²) in [4.78, 5) is 27.9. The molecule has 2 aromatic rings. The topological polar surface area (TPSA) is 53.9 Å². The van der Waals surface area contributed by atoms with Gasteiger partial charge in [0, 0.05) is 10.6 Å². The number of benzene rings is 2. The summed E-state index contributed by atoms with van der Waals surface area (Å²) in [6.45, 7) is 5.21. The number of hydrogen-bond acceptors (Lipinski definition) is 2. The molecule has 1 saturated heterocycles. The summed E-state index contributed by atoms with van der Waals surface area (Å²) in [6, 6.07) is 16.7. The first-order valence-corrected chi connectivity index (χ1v) is 9.64. The Kier molecular flexibility index (Phi) is 6.48. The number of nitrogens with zero attached hydrogens (tertiary/aromatic N) is 1. The molecule has 0 aliphatic carbocycles. The molecule has 2 N–H and O–H groups in total. The molecule has 5 nitrogen and oxygen atoms in total. The molecule has 0 unspecified atom stereocenters. The second kappa shape index (κ2) is 9.02. The third kappa shape index (κ3) is 5.08. The van der Waals surface area contributed by atoms with E-state index in [0.29, 0.717) is 30.2 Å². The lowest BCUT2D eigenvalue weighted by Crippen LogP contribution is -3.15. The largest absolute Gasteiger partial charge is 0.345 e. The Morgan fingerprint density at radius 3 is 2.37 bits per heavy atom. The van der Waals surface area contributed by atoms with Gasteiger partial charge < -0.3 is 15.1 Å². The number of amides is 2. The van der Waals surface area contributed by atoms with Crippen molar-refractivity contribution >= 4 is 23.4 Å². The Labute approximate surface area is 164 Å². The Morgan fingerprint density at radius 2 is 1.70 bits per heavy atom. The van der Waals surface area contributed by atoms with E-state index < -0.39 is 0 Å². The molecule has 6 heteroatoms. The molecule has 0 radical (unpaired) electrons. The standard InChI is InChI=1S/C21H24ClN3O2/c1-16(18-9-5-6-10-19(18)22)23-20(26)15-24-11-13-25(14-12-24)21(27)17-7-3-2-4-8-17/h2-10,16H,11-15H2,1H3,(H,23,26)/p+1/t16-/m0/s1. The molecule has 2 aromatic carbocycles. The van der Waals surface area contributed by atoms with Crippen LogP contribution in [-0.4, -0.2) is 49.4 Å². The second-order valence-corrected chi connectivity index (χ2v) is 7.30. The monoisotopic (exact) mass is 386 g/mol. The Bertz CT molecular complexity index is 789. The molecule has 1 atom stereocenters. The van der Waals surface area contributed by atoms with Crippen LogP contribution < -0.4 is 10.2 Å². The zero-order valence-electron chi connectivity index (χ0n) is 15.5. The molecule has 2 amide bonds. The van der Waals surface area contributed by atoms with Crippen molar-refractivity contribution in [1.29, 1.82) is 0 Å². The van der Waals surface area contributed by atoms with Crippen LogP contribution in [0, 0.1) is 0 Å². The first-order chi connectivity index (χ1) is 13.0. The Morgan fingerprint density at radius 1 is 1.07 bits per heavy atom. The number of nitrogens with one attached hydrogen (secondary N) is 2. The number of halogens is 1. The van der Waals surface area contributed by atoms with Gasteiger partial charge in [-0.2, -0.15) is 0 Å². The summed E-state index contributed by atoms with van der Waals surface area (Å²) in [7, 11) is 0. The predicted octanol–water partition coefficient (Wildman–Crippen LogP) is 1.56. The van der Waals surface area contributed by atoms with Gasteiger partial charge in [0.2, 0.25) is 0 Å². The lowest BCUT2D eigenvalue weighted by molar-refractivity contribution is -0.896. The van der Waals surface area contributed by atoms with E-state index in [4.69, 9.17) is 11.6 Å². The molecule has 142 valence electrons. The van der Waals surface area contributed by atoms with Gasteiger partial charge in [0.1, 0.15) is 0 Å². The van der Waals surface area contributed by atoms with Crippen LogP contribution in [0.15, 0.2) is 54.6 Å². The molecule has 0 aromatic heterocycles. The number of carbonyl (C=O) groups is 2. The van der Waals surface area contributed by atoms with E-state index >= 15 is 0 Å². The van der Waals surface area contributed by atoms with Crippen LogP contribution in [0.25, 0.3) is 0 Å². The van der Waals surface area contributed by atoms with E-state index in [9.17, 15) is 9.59 Å². The van der Waals surface area contributed by atoms with E-state index in [1.807, 2.05) is 66.4 Å². The number of hydrogen-bond donors (Lipinski definition) is 2. The summed E-state index contributed by atoms with van der Waals surface area (Å²) in [6.07, 6.45) is 0. The van der Waals surface area contributed by atoms with Crippen molar-refractivity contribution in [2.45, 2.75) is 13.0 Å². The van der Waals surface area contributed by atoms with Crippen molar-refractivity contribution in [3.63, 3.8) is 0 Å².